The quantitative estimate of drug-likeness (QED) is 0.711. The smallest absolute Gasteiger partial charge is 0.215 e. The van der Waals surface area contributed by atoms with E-state index in [1.165, 1.54) is 14.2 Å². The number of aliphatic hydroxyl groups is 2. The summed E-state index contributed by atoms with van der Waals surface area (Å²) in [5, 5.41) is 33.7. The number of phenolic OH excluding ortho intramolecular Hbond substituents is 1. The molecule has 2 heterocycles. The van der Waals surface area contributed by atoms with Crippen molar-refractivity contribution in [1.29, 1.82) is 0 Å². The van der Waals surface area contributed by atoms with Crippen molar-refractivity contribution in [2.75, 3.05) is 27.8 Å². The van der Waals surface area contributed by atoms with Crippen molar-refractivity contribution >= 4 is 0 Å². The Kier molecular flexibility index (Phi) is 3.17. The number of aliphatic hydroxyl groups excluding tert-OH is 1. The largest absolute Gasteiger partial charge is 0.504 e. The van der Waals surface area contributed by atoms with E-state index in [0.29, 0.717) is 25.0 Å². The Morgan fingerprint density at radius 2 is 2.04 bits per heavy atom. The molecular formula is C19H25NO6. The molecule has 2 bridgehead atoms. The first-order valence-corrected chi connectivity index (χ1v) is 9.09. The molecule has 7 heteroatoms. The van der Waals surface area contributed by atoms with E-state index in [1.54, 1.807) is 6.07 Å². The highest BCUT2D eigenvalue weighted by Crippen LogP contribution is 2.72. The van der Waals surface area contributed by atoms with Gasteiger partial charge in [-0.15, -0.1) is 0 Å². The first kappa shape index (κ1) is 16.8. The zero-order valence-electron chi connectivity index (χ0n) is 15.2. The van der Waals surface area contributed by atoms with Crippen molar-refractivity contribution in [2.24, 2.45) is 0 Å². The van der Waals surface area contributed by atoms with Crippen LogP contribution in [0, 0.1) is 0 Å². The van der Waals surface area contributed by atoms with E-state index in [4.69, 9.17) is 14.2 Å². The molecule has 5 rings (SSSR count). The summed E-state index contributed by atoms with van der Waals surface area (Å²) in [7, 11) is 4.99. The average molecular weight is 363 g/mol. The van der Waals surface area contributed by atoms with Crippen LogP contribution in [0.15, 0.2) is 12.1 Å². The Morgan fingerprint density at radius 3 is 2.73 bits per heavy atom. The van der Waals surface area contributed by atoms with Crippen LogP contribution in [0.5, 0.6) is 11.5 Å². The molecule has 7 nitrogen and oxygen atoms in total. The van der Waals surface area contributed by atoms with Gasteiger partial charge in [-0.1, -0.05) is 6.07 Å². The minimum atomic E-state index is -1.66. The SMILES string of the molecule is COc1ccc2c(c1O)[C@@]13CCN(C)[C@]14C[C@@H]2O[C@@]4(O)[C@@H](OC)[C@@H](O)C3. The molecule has 0 radical (unpaired) electrons. The molecule has 2 aliphatic carbocycles. The van der Waals surface area contributed by atoms with Gasteiger partial charge in [0.1, 0.15) is 6.10 Å². The van der Waals surface area contributed by atoms with Crippen LogP contribution in [0.25, 0.3) is 0 Å². The summed E-state index contributed by atoms with van der Waals surface area (Å²) in [6, 6.07) is 3.64. The molecule has 1 aromatic rings. The number of hydrogen-bond acceptors (Lipinski definition) is 7. The third-order valence-electron chi connectivity index (χ3n) is 7.48. The van der Waals surface area contributed by atoms with Crippen molar-refractivity contribution in [3.05, 3.63) is 23.3 Å². The second-order valence-corrected chi connectivity index (χ2v) is 8.13. The number of phenols is 1. The molecule has 6 atom stereocenters. The lowest BCUT2D eigenvalue weighted by Gasteiger charge is -2.60. The van der Waals surface area contributed by atoms with Crippen molar-refractivity contribution in [3.63, 3.8) is 0 Å². The number of ether oxygens (including phenoxy) is 3. The Labute approximate surface area is 152 Å². The zero-order chi connectivity index (χ0) is 18.5. The van der Waals surface area contributed by atoms with Crippen LogP contribution in [0.1, 0.15) is 36.5 Å². The van der Waals surface area contributed by atoms with Gasteiger partial charge in [-0.25, -0.2) is 0 Å². The normalized spacial score (nSPS) is 46.1. The van der Waals surface area contributed by atoms with E-state index in [2.05, 4.69) is 4.90 Å². The summed E-state index contributed by atoms with van der Waals surface area (Å²) >= 11 is 0. The van der Waals surface area contributed by atoms with Crippen LogP contribution >= 0.6 is 0 Å². The van der Waals surface area contributed by atoms with Crippen molar-refractivity contribution in [3.8, 4) is 11.5 Å². The van der Waals surface area contributed by atoms with Crippen molar-refractivity contribution in [1.82, 2.24) is 4.90 Å². The maximum absolute atomic E-state index is 11.8. The third-order valence-corrected chi connectivity index (χ3v) is 7.48. The zero-order valence-corrected chi connectivity index (χ0v) is 15.2. The summed E-state index contributed by atoms with van der Waals surface area (Å²) in [4.78, 5) is 2.13. The first-order valence-electron chi connectivity index (χ1n) is 9.09. The third kappa shape index (κ3) is 1.48. The number of rotatable bonds is 2. The number of benzene rings is 1. The van der Waals surface area contributed by atoms with E-state index in [1.807, 2.05) is 13.1 Å². The molecule has 1 spiro atoms. The lowest BCUT2D eigenvalue weighted by atomic mass is 9.50. The predicted octanol–water partition coefficient (Wildman–Crippen LogP) is 0.656. The fraction of sp³-hybridized carbons (Fsp3) is 0.684. The van der Waals surface area contributed by atoms with E-state index in [0.717, 1.165) is 17.7 Å². The highest BCUT2D eigenvalue weighted by Gasteiger charge is 2.81. The average Bonchev–Trinajstić information content (AvgIpc) is 3.07. The van der Waals surface area contributed by atoms with E-state index >= 15 is 0 Å². The highest BCUT2D eigenvalue weighted by molar-refractivity contribution is 5.60. The van der Waals surface area contributed by atoms with Crippen LogP contribution in [0.4, 0.5) is 0 Å². The van der Waals surface area contributed by atoms with Crippen LogP contribution in [-0.2, 0) is 14.9 Å². The number of nitrogens with zero attached hydrogens (tertiary/aromatic N) is 1. The van der Waals surface area contributed by atoms with E-state index in [9.17, 15) is 15.3 Å². The van der Waals surface area contributed by atoms with Crippen LogP contribution < -0.4 is 4.74 Å². The Hall–Kier alpha value is -1.38. The molecular weight excluding hydrogens is 338 g/mol. The number of aromatic hydroxyl groups is 1. The molecule has 26 heavy (non-hydrogen) atoms. The number of methoxy groups -OCH3 is 2. The van der Waals surface area contributed by atoms with Gasteiger partial charge in [0.2, 0.25) is 5.79 Å². The molecule has 3 fully saturated rings. The Balaban J connectivity index is 1.86. The summed E-state index contributed by atoms with van der Waals surface area (Å²) in [5.41, 5.74) is 0.226. The van der Waals surface area contributed by atoms with Crippen LogP contribution in [0.3, 0.4) is 0 Å². The first-order chi connectivity index (χ1) is 12.4. The standard InChI is InChI=1S/C19H25NO6/c1-20-7-6-17-8-11(21)16(25-3)19(23)18(17,20)9-13(26-19)10-4-5-12(24-2)15(22)14(10)17/h4-5,11,13,16,21-23H,6-9H2,1-3H3/t11-,13-,16-,17-,18+,19-/m0/s1. The molecule has 0 unspecified atom stereocenters. The van der Waals surface area contributed by atoms with Gasteiger partial charge in [0.25, 0.3) is 0 Å². The van der Waals surface area contributed by atoms with E-state index in [-0.39, 0.29) is 11.9 Å². The number of likely N-dealkylation sites (N-methyl/N-ethyl adjacent to an activating group) is 1. The predicted molar refractivity (Wildman–Crippen MR) is 91.1 cm³/mol. The molecule has 1 saturated carbocycles. The van der Waals surface area contributed by atoms with Crippen LogP contribution in [-0.4, -0.2) is 71.6 Å². The second kappa shape index (κ2) is 4.91. The lowest BCUT2D eigenvalue weighted by Crippen LogP contribution is -2.77. The minimum Gasteiger partial charge on any atom is -0.504 e. The molecule has 0 amide bonds. The van der Waals surface area contributed by atoms with Gasteiger partial charge in [0, 0.05) is 24.5 Å². The minimum absolute atomic E-state index is 0.0882. The maximum atomic E-state index is 11.8. The lowest BCUT2D eigenvalue weighted by molar-refractivity contribution is -0.328. The van der Waals surface area contributed by atoms with Gasteiger partial charge in [-0.05, 0) is 38.1 Å². The van der Waals surface area contributed by atoms with Gasteiger partial charge >= 0.3 is 0 Å². The van der Waals surface area contributed by atoms with E-state index < -0.39 is 28.9 Å². The van der Waals surface area contributed by atoms with Gasteiger partial charge in [0.15, 0.2) is 11.5 Å². The Morgan fingerprint density at radius 1 is 1.27 bits per heavy atom. The maximum Gasteiger partial charge on any atom is 0.215 e. The summed E-state index contributed by atoms with van der Waals surface area (Å²) in [6.45, 7) is 0.734. The number of hydrogen-bond donors (Lipinski definition) is 3. The summed E-state index contributed by atoms with van der Waals surface area (Å²) < 4.78 is 17.1. The van der Waals surface area contributed by atoms with Gasteiger partial charge in [0.05, 0.1) is 24.9 Å². The highest BCUT2D eigenvalue weighted by atomic mass is 16.7. The monoisotopic (exact) mass is 363 g/mol. The summed E-state index contributed by atoms with van der Waals surface area (Å²) in [5.74, 6) is -1.17. The topological polar surface area (TPSA) is 91.6 Å². The molecule has 3 N–H and O–H groups in total. The molecule has 2 saturated heterocycles. The molecule has 142 valence electrons. The molecule has 4 aliphatic rings. The summed E-state index contributed by atoms with van der Waals surface area (Å²) in [6.07, 6.45) is -0.418. The fourth-order valence-electron chi connectivity index (χ4n) is 6.61. The molecule has 1 aromatic carbocycles. The van der Waals surface area contributed by atoms with Gasteiger partial charge in [-0.3, -0.25) is 4.90 Å². The van der Waals surface area contributed by atoms with Crippen molar-refractivity contribution < 1.29 is 29.5 Å². The fourth-order valence-corrected chi connectivity index (χ4v) is 6.61. The molecule has 0 aromatic heterocycles. The van der Waals surface area contributed by atoms with Gasteiger partial charge in [-0.2, -0.15) is 0 Å². The number of likely N-dealkylation sites (tertiary alicyclic amines) is 1. The molecule has 2 aliphatic heterocycles. The Bertz CT molecular complexity index is 786. The number of fused-ring (bicyclic) bond motifs is 3. The van der Waals surface area contributed by atoms with Crippen molar-refractivity contribution in [2.45, 2.75) is 54.3 Å². The van der Waals surface area contributed by atoms with Crippen LogP contribution in [0.2, 0.25) is 0 Å². The second-order valence-electron chi connectivity index (χ2n) is 8.13. The van der Waals surface area contributed by atoms with Gasteiger partial charge < -0.3 is 29.5 Å².